The number of benzene rings is 1. The third kappa shape index (κ3) is 3.42. The molecule has 0 aromatic heterocycles. The van der Waals surface area contributed by atoms with Gasteiger partial charge in [0.2, 0.25) is 10.0 Å². The lowest BCUT2D eigenvalue weighted by atomic mass is 10.2. The number of rotatable bonds is 3. The van der Waals surface area contributed by atoms with Gasteiger partial charge in [-0.25, -0.2) is 8.42 Å². The van der Waals surface area contributed by atoms with Crippen LogP contribution in [0.2, 0.25) is 0 Å². The summed E-state index contributed by atoms with van der Waals surface area (Å²) in [5, 5.41) is 0. The third-order valence-corrected chi connectivity index (χ3v) is 6.51. The highest BCUT2D eigenvalue weighted by Gasteiger charge is 2.33. The quantitative estimate of drug-likeness (QED) is 0.799. The Hall–Kier alpha value is 0.01000. The highest BCUT2D eigenvalue weighted by atomic mass is 79.9. The van der Waals surface area contributed by atoms with Crippen LogP contribution in [0.25, 0.3) is 0 Å². The lowest BCUT2D eigenvalue weighted by Crippen LogP contribution is -2.51. The van der Waals surface area contributed by atoms with Crippen molar-refractivity contribution >= 4 is 41.9 Å². The molecule has 8 heteroatoms. The van der Waals surface area contributed by atoms with Crippen LogP contribution in [-0.4, -0.2) is 44.6 Å². The molecule has 0 aliphatic carbocycles. The Balaban J connectivity index is 2.32. The lowest BCUT2D eigenvalue weighted by molar-refractivity contribution is -0.0120. The van der Waals surface area contributed by atoms with E-state index in [-0.39, 0.29) is 23.6 Å². The van der Waals surface area contributed by atoms with Crippen LogP contribution in [0, 0.1) is 0 Å². The largest absolute Gasteiger partial charge is 0.374 e. The van der Waals surface area contributed by atoms with Crippen molar-refractivity contribution < 1.29 is 13.2 Å². The van der Waals surface area contributed by atoms with Gasteiger partial charge >= 0.3 is 0 Å². The van der Waals surface area contributed by atoms with Crippen molar-refractivity contribution in [3.63, 3.8) is 0 Å². The van der Waals surface area contributed by atoms with E-state index in [1.54, 1.807) is 18.2 Å². The minimum atomic E-state index is -3.56. The first-order chi connectivity index (χ1) is 9.32. The Labute approximate surface area is 135 Å². The predicted octanol–water partition coefficient (Wildman–Crippen LogP) is 1.95. The first-order valence-electron chi connectivity index (χ1n) is 6.15. The zero-order chi connectivity index (χ0) is 14.9. The summed E-state index contributed by atoms with van der Waals surface area (Å²) in [4.78, 5) is 0.247. The molecule has 0 bridgehead atoms. The summed E-state index contributed by atoms with van der Waals surface area (Å²) in [7, 11) is -3.56. The summed E-state index contributed by atoms with van der Waals surface area (Å²) in [5.74, 6) is 0. The molecule has 0 amide bonds. The molecule has 5 nitrogen and oxygen atoms in total. The van der Waals surface area contributed by atoms with E-state index in [0.29, 0.717) is 17.6 Å². The molecule has 20 heavy (non-hydrogen) atoms. The predicted molar refractivity (Wildman–Crippen MR) is 84.0 cm³/mol. The average Bonchev–Trinajstić information content (AvgIpc) is 2.41. The van der Waals surface area contributed by atoms with Crippen molar-refractivity contribution in [2.24, 2.45) is 5.73 Å². The fourth-order valence-corrected chi connectivity index (χ4v) is 4.90. The molecular weight excluding hydrogens is 412 g/mol. The van der Waals surface area contributed by atoms with E-state index in [1.807, 2.05) is 6.92 Å². The Kier molecular flexibility index (Phi) is 5.25. The van der Waals surface area contributed by atoms with Gasteiger partial charge in [0.25, 0.3) is 0 Å². The molecule has 1 aromatic rings. The molecular formula is C12H16Br2N2O3S. The number of hydrogen-bond donors (Lipinski definition) is 1. The molecule has 2 atom stereocenters. The minimum absolute atomic E-state index is 0.209. The number of nitrogens with zero attached hydrogens (tertiary/aromatic N) is 1. The molecule has 0 radical (unpaired) electrons. The van der Waals surface area contributed by atoms with Crippen LogP contribution in [0.1, 0.15) is 6.92 Å². The van der Waals surface area contributed by atoms with Gasteiger partial charge in [-0.15, -0.1) is 0 Å². The van der Waals surface area contributed by atoms with Crippen LogP contribution in [0.15, 0.2) is 32.0 Å². The van der Waals surface area contributed by atoms with E-state index in [2.05, 4.69) is 31.9 Å². The number of sulfonamides is 1. The van der Waals surface area contributed by atoms with Gasteiger partial charge < -0.3 is 10.5 Å². The van der Waals surface area contributed by atoms with Gasteiger partial charge in [-0.3, -0.25) is 0 Å². The van der Waals surface area contributed by atoms with Crippen LogP contribution in [0.3, 0.4) is 0 Å². The topological polar surface area (TPSA) is 72.6 Å². The second-order valence-electron chi connectivity index (χ2n) is 4.71. The molecule has 1 aliphatic rings. The number of nitrogens with two attached hydrogens (primary N) is 1. The van der Waals surface area contributed by atoms with Gasteiger partial charge in [0.1, 0.15) is 0 Å². The molecule has 0 spiro atoms. The van der Waals surface area contributed by atoms with Crippen molar-refractivity contribution in [3.8, 4) is 0 Å². The van der Waals surface area contributed by atoms with Crippen LogP contribution in [0.5, 0.6) is 0 Å². The van der Waals surface area contributed by atoms with Crippen molar-refractivity contribution in [2.45, 2.75) is 24.0 Å². The number of halogens is 2. The number of ether oxygens (including phenoxy) is 1. The molecule has 1 aromatic carbocycles. The first-order valence-corrected chi connectivity index (χ1v) is 9.17. The van der Waals surface area contributed by atoms with E-state index >= 15 is 0 Å². The molecule has 2 unspecified atom stereocenters. The van der Waals surface area contributed by atoms with Crippen molar-refractivity contribution in [1.82, 2.24) is 4.31 Å². The summed E-state index contributed by atoms with van der Waals surface area (Å²) in [6, 6.07) is 4.88. The molecule has 1 heterocycles. The van der Waals surface area contributed by atoms with Crippen LogP contribution < -0.4 is 5.73 Å². The van der Waals surface area contributed by atoms with Crippen LogP contribution >= 0.6 is 31.9 Å². The Morgan fingerprint density at radius 3 is 2.80 bits per heavy atom. The monoisotopic (exact) mass is 426 g/mol. The number of hydrogen-bond acceptors (Lipinski definition) is 4. The molecule has 112 valence electrons. The smallest absolute Gasteiger partial charge is 0.244 e. The standard InChI is InChI=1S/C12H16Br2N2O3S/c1-8(15)11-7-16(4-5-19-11)20(17,18)12-6-9(13)2-3-10(12)14/h2-3,6,8,11H,4-5,7,15H2,1H3. The van der Waals surface area contributed by atoms with Crippen molar-refractivity contribution in [3.05, 3.63) is 27.1 Å². The zero-order valence-corrected chi connectivity index (χ0v) is 14.9. The van der Waals surface area contributed by atoms with E-state index in [0.717, 1.165) is 4.47 Å². The molecule has 2 rings (SSSR count). The molecule has 2 N–H and O–H groups in total. The van der Waals surface area contributed by atoms with Crippen LogP contribution in [-0.2, 0) is 14.8 Å². The molecule has 1 saturated heterocycles. The SMILES string of the molecule is CC(N)C1CN(S(=O)(=O)c2cc(Br)ccc2Br)CCO1. The fraction of sp³-hybridized carbons (Fsp3) is 0.500. The highest BCUT2D eigenvalue weighted by Crippen LogP contribution is 2.29. The van der Waals surface area contributed by atoms with E-state index in [4.69, 9.17) is 10.5 Å². The van der Waals surface area contributed by atoms with Crippen molar-refractivity contribution in [2.75, 3.05) is 19.7 Å². The third-order valence-electron chi connectivity index (χ3n) is 3.15. The zero-order valence-electron chi connectivity index (χ0n) is 10.9. The summed E-state index contributed by atoms with van der Waals surface area (Å²) in [5.41, 5.74) is 5.80. The van der Waals surface area contributed by atoms with Crippen LogP contribution in [0.4, 0.5) is 0 Å². The Morgan fingerprint density at radius 1 is 1.45 bits per heavy atom. The summed E-state index contributed by atoms with van der Waals surface area (Å²) in [6.07, 6.45) is -0.274. The second kappa shape index (κ2) is 6.41. The highest BCUT2D eigenvalue weighted by molar-refractivity contribution is 9.11. The van der Waals surface area contributed by atoms with E-state index in [9.17, 15) is 8.42 Å². The molecule has 1 aliphatic heterocycles. The average molecular weight is 428 g/mol. The maximum absolute atomic E-state index is 12.7. The van der Waals surface area contributed by atoms with Gasteiger partial charge in [-0.2, -0.15) is 4.31 Å². The fourth-order valence-electron chi connectivity index (χ4n) is 2.00. The molecule has 0 saturated carbocycles. The summed E-state index contributed by atoms with van der Waals surface area (Å²) < 4.78 is 33.6. The van der Waals surface area contributed by atoms with Gasteiger partial charge in [0.15, 0.2) is 0 Å². The van der Waals surface area contributed by atoms with Crippen molar-refractivity contribution in [1.29, 1.82) is 0 Å². The van der Waals surface area contributed by atoms with Gasteiger partial charge in [0.05, 0.1) is 17.6 Å². The second-order valence-corrected chi connectivity index (χ2v) is 8.38. The maximum Gasteiger partial charge on any atom is 0.244 e. The van der Waals surface area contributed by atoms with Gasteiger partial charge in [-0.1, -0.05) is 15.9 Å². The lowest BCUT2D eigenvalue weighted by Gasteiger charge is -2.34. The summed E-state index contributed by atoms with van der Waals surface area (Å²) >= 11 is 6.59. The maximum atomic E-state index is 12.7. The normalized spacial score (nSPS) is 22.7. The van der Waals surface area contributed by atoms with E-state index < -0.39 is 10.0 Å². The molecule has 1 fully saturated rings. The van der Waals surface area contributed by atoms with Gasteiger partial charge in [-0.05, 0) is 41.1 Å². The summed E-state index contributed by atoms with van der Waals surface area (Å²) in [6.45, 7) is 2.79. The van der Waals surface area contributed by atoms with E-state index in [1.165, 1.54) is 4.31 Å². The first kappa shape index (κ1) is 16.4. The van der Waals surface area contributed by atoms with Gasteiger partial charge in [0, 0.05) is 28.1 Å². The Morgan fingerprint density at radius 2 is 2.15 bits per heavy atom. The minimum Gasteiger partial charge on any atom is -0.374 e. The number of morpholine rings is 1. The Bertz CT molecular complexity index is 592.